The lowest BCUT2D eigenvalue weighted by atomic mass is 9.85. The fourth-order valence-corrected chi connectivity index (χ4v) is 11.9. The average molecular weight is 843 g/mol. The summed E-state index contributed by atoms with van der Waals surface area (Å²) >= 11 is 0. The summed E-state index contributed by atoms with van der Waals surface area (Å²) in [7, 11) is 0. The van der Waals surface area contributed by atoms with Gasteiger partial charge in [0.25, 0.3) is 0 Å². The van der Waals surface area contributed by atoms with E-state index in [2.05, 4.69) is 220 Å². The molecule has 0 radical (unpaired) electrons. The number of hydrogen-bond donors (Lipinski definition) is 0. The highest BCUT2D eigenvalue weighted by Gasteiger charge is 2.22. The summed E-state index contributed by atoms with van der Waals surface area (Å²) in [5.41, 5.74) is 19.5. The number of nitrogens with zero attached hydrogens (tertiary/aromatic N) is 2. The van der Waals surface area contributed by atoms with Crippen LogP contribution in [0.1, 0.15) is 33.4 Å². The Bertz CT molecular complexity index is 3900. The van der Waals surface area contributed by atoms with Crippen LogP contribution < -0.4 is 0 Å². The molecule has 11 aromatic carbocycles. The summed E-state index contributed by atoms with van der Waals surface area (Å²) in [5, 5.41) is 15.4. The van der Waals surface area contributed by atoms with Crippen molar-refractivity contribution in [3.63, 3.8) is 0 Å². The maximum absolute atomic E-state index is 4.04. The molecule has 312 valence electrons. The Labute approximate surface area is 383 Å². The van der Waals surface area contributed by atoms with Crippen molar-refractivity contribution in [1.82, 2.24) is 9.13 Å². The first-order chi connectivity index (χ1) is 32.3. The van der Waals surface area contributed by atoms with Crippen LogP contribution in [0, 0.1) is 27.7 Å². The zero-order valence-corrected chi connectivity index (χ0v) is 37.6. The fraction of sp³-hybridized carbons (Fsp3) is 0.0625. The molecule has 0 N–H and O–H groups in total. The molecule has 0 spiro atoms. The first-order valence-corrected chi connectivity index (χ1v) is 23.0. The number of aromatic nitrogens is 2. The van der Waals surface area contributed by atoms with Gasteiger partial charge in [0, 0.05) is 21.5 Å². The summed E-state index contributed by atoms with van der Waals surface area (Å²) in [5.74, 6) is 0. The van der Waals surface area contributed by atoms with E-state index in [1.54, 1.807) is 0 Å². The van der Waals surface area contributed by atoms with Crippen LogP contribution in [0.15, 0.2) is 183 Å². The van der Waals surface area contributed by atoms with Crippen LogP contribution in [0.2, 0.25) is 0 Å². The third-order valence-corrected chi connectivity index (χ3v) is 14.6. The van der Waals surface area contributed by atoms with Gasteiger partial charge in [-0.1, -0.05) is 135 Å². The monoisotopic (exact) mass is 842 g/mol. The molecule has 0 saturated carbocycles. The molecule has 0 saturated heterocycles. The molecule has 2 nitrogen and oxygen atoms in total. The molecule has 0 aliphatic rings. The van der Waals surface area contributed by atoms with E-state index in [4.69, 9.17) is 0 Å². The van der Waals surface area contributed by atoms with Gasteiger partial charge in [-0.3, -0.25) is 0 Å². The zero-order chi connectivity index (χ0) is 44.5. The van der Waals surface area contributed by atoms with E-state index >= 15 is 0 Å². The van der Waals surface area contributed by atoms with Crippen LogP contribution in [0.5, 0.6) is 0 Å². The Kier molecular flexibility index (Phi) is 8.21. The molecule has 0 bridgehead atoms. The van der Waals surface area contributed by atoms with Crippen LogP contribution in [-0.4, -0.2) is 9.13 Å². The Hall–Kier alpha value is -8.20. The van der Waals surface area contributed by atoms with Gasteiger partial charge >= 0.3 is 0 Å². The molecular weight excluding hydrogens is 797 g/mol. The van der Waals surface area contributed by atoms with Crippen LogP contribution in [0.4, 0.5) is 0 Å². The largest absolute Gasteiger partial charge is 0.309 e. The smallest absolute Gasteiger partial charge is 0.0541 e. The van der Waals surface area contributed by atoms with Gasteiger partial charge in [0.05, 0.1) is 33.4 Å². The second-order valence-corrected chi connectivity index (χ2v) is 18.4. The van der Waals surface area contributed by atoms with Gasteiger partial charge in [-0.15, -0.1) is 0 Å². The summed E-state index contributed by atoms with van der Waals surface area (Å²) in [6.07, 6.45) is 3.87. The van der Waals surface area contributed by atoms with Crippen molar-refractivity contribution in [2.24, 2.45) is 0 Å². The Balaban J connectivity index is 0.986. The minimum Gasteiger partial charge on any atom is -0.309 e. The second-order valence-electron chi connectivity index (χ2n) is 18.4. The van der Waals surface area contributed by atoms with Crippen molar-refractivity contribution >= 4 is 98.9 Å². The Morgan fingerprint density at radius 2 is 0.667 bits per heavy atom. The number of rotatable bonds is 6. The number of fused-ring (bicyclic) bond motifs is 8. The van der Waals surface area contributed by atoms with Gasteiger partial charge in [0.15, 0.2) is 0 Å². The molecule has 0 unspecified atom stereocenters. The summed E-state index contributed by atoms with van der Waals surface area (Å²) in [4.78, 5) is 0. The lowest BCUT2D eigenvalue weighted by Crippen LogP contribution is -2.00. The van der Waals surface area contributed by atoms with Crippen LogP contribution >= 0.6 is 0 Å². The predicted octanol–water partition coefficient (Wildman–Crippen LogP) is 17.8. The number of para-hydroxylation sites is 2. The Morgan fingerprint density at radius 3 is 1.08 bits per heavy atom. The van der Waals surface area contributed by atoms with Crippen LogP contribution in [0.25, 0.3) is 132 Å². The first-order valence-electron chi connectivity index (χ1n) is 23.0. The van der Waals surface area contributed by atoms with Gasteiger partial charge in [-0.05, 0) is 187 Å². The van der Waals surface area contributed by atoms with Crippen LogP contribution in [-0.2, 0) is 0 Å². The number of hydrogen-bond acceptors (Lipinski definition) is 0. The van der Waals surface area contributed by atoms with E-state index in [1.807, 2.05) is 12.2 Å². The maximum Gasteiger partial charge on any atom is 0.0541 e. The van der Waals surface area contributed by atoms with Crippen molar-refractivity contribution < 1.29 is 0 Å². The van der Waals surface area contributed by atoms with Gasteiger partial charge in [0.2, 0.25) is 0 Å². The SMILES string of the molecule is C=Cc1cc(C)c(-n2c3ccccc3c3cc(-c4ccc5c6ccc(-c7ccc8c(c7)c7ccccc7n8-c7c(C)cc(C=C)cc7C)c7cccc(c8cccc4c85)c76)ccc32)c(C)c1. The molecule has 0 atom stereocenters. The highest BCUT2D eigenvalue weighted by atomic mass is 15.0. The molecule has 0 amide bonds. The highest BCUT2D eigenvalue weighted by Crippen LogP contribution is 2.47. The number of aryl methyl sites for hydroxylation is 4. The zero-order valence-electron chi connectivity index (χ0n) is 37.6. The van der Waals surface area contributed by atoms with E-state index < -0.39 is 0 Å². The predicted molar refractivity (Wildman–Crippen MR) is 286 cm³/mol. The van der Waals surface area contributed by atoms with Gasteiger partial charge < -0.3 is 9.13 Å². The quantitative estimate of drug-likeness (QED) is 0.117. The highest BCUT2D eigenvalue weighted by molar-refractivity contribution is 6.35. The lowest BCUT2D eigenvalue weighted by molar-refractivity contribution is 1.12. The molecular formula is C64H46N2. The molecule has 0 aliphatic carbocycles. The molecule has 0 fully saturated rings. The summed E-state index contributed by atoms with van der Waals surface area (Å²) in [6, 6.07) is 64.0. The fourth-order valence-electron chi connectivity index (χ4n) is 11.9. The first kappa shape index (κ1) is 38.3. The molecule has 2 heterocycles. The third-order valence-electron chi connectivity index (χ3n) is 14.6. The topological polar surface area (TPSA) is 9.86 Å². The minimum atomic E-state index is 1.15. The summed E-state index contributed by atoms with van der Waals surface area (Å²) < 4.78 is 4.91. The number of benzene rings is 11. The van der Waals surface area contributed by atoms with Crippen LogP contribution in [0.3, 0.4) is 0 Å². The molecule has 2 aromatic heterocycles. The van der Waals surface area contributed by atoms with E-state index in [9.17, 15) is 0 Å². The molecule has 2 heteroatoms. The minimum absolute atomic E-state index is 1.15. The van der Waals surface area contributed by atoms with Crippen molar-refractivity contribution in [3.05, 3.63) is 216 Å². The van der Waals surface area contributed by atoms with Crippen molar-refractivity contribution in [1.29, 1.82) is 0 Å². The van der Waals surface area contributed by atoms with Crippen molar-refractivity contribution in [2.75, 3.05) is 0 Å². The normalized spacial score (nSPS) is 12.1. The van der Waals surface area contributed by atoms with E-state index in [-0.39, 0.29) is 0 Å². The standard InChI is InChI=1S/C64H46N2/c1-7-41-31-37(3)63(38(4)32-41)65-57-21-11-9-15-47(57)55-35-43(23-29-59(55)65)45-25-27-53-54-28-26-46(50-18-14-20-52(62(50)54)51-19-13-17-49(45)61(51)53)44-24-30-60-56(36-44)48-16-10-12-22-58(48)66(60)64-39(5)33-42(8-2)34-40(64)6/h7-36H,1-2H2,3-6H3. The molecule has 0 aliphatic heterocycles. The third kappa shape index (κ3) is 5.30. The summed E-state index contributed by atoms with van der Waals surface area (Å²) in [6.45, 7) is 16.9. The lowest BCUT2D eigenvalue weighted by Gasteiger charge is -2.18. The second kappa shape index (κ2) is 14.1. The van der Waals surface area contributed by atoms with Crippen molar-refractivity contribution in [3.8, 4) is 33.6 Å². The van der Waals surface area contributed by atoms with Gasteiger partial charge in [-0.2, -0.15) is 0 Å². The van der Waals surface area contributed by atoms with Gasteiger partial charge in [-0.25, -0.2) is 0 Å². The van der Waals surface area contributed by atoms with Gasteiger partial charge in [0.1, 0.15) is 0 Å². The van der Waals surface area contributed by atoms with E-state index in [0.29, 0.717) is 0 Å². The molecule has 66 heavy (non-hydrogen) atoms. The molecule has 13 rings (SSSR count). The van der Waals surface area contributed by atoms with E-state index in [0.717, 1.165) is 11.1 Å². The van der Waals surface area contributed by atoms with Crippen molar-refractivity contribution in [2.45, 2.75) is 27.7 Å². The average Bonchev–Trinajstić information content (AvgIpc) is 3.84. The van der Waals surface area contributed by atoms with E-state index in [1.165, 1.54) is 143 Å². The molecule has 13 aromatic rings. The maximum atomic E-state index is 4.04. The Morgan fingerprint density at radius 1 is 0.318 bits per heavy atom.